The Morgan fingerprint density at radius 1 is 0.857 bits per heavy atom. The molecule has 0 aliphatic rings. The summed E-state index contributed by atoms with van der Waals surface area (Å²) in [5, 5.41) is 2.94. The van der Waals surface area contributed by atoms with Gasteiger partial charge in [0.25, 0.3) is 0 Å². The molecule has 0 unspecified atom stereocenters. The van der Waals surface area contributed by atoms with Gasteiger partial charge in [-0.25, -0.2) is 8.78 Å². The molecule has 1 N–H and O–H groups in total. The Morgan fingerprint density at radius 2 is 1.46 bits per heavy atom. The highest BCUT2D eigenvalue weighted by Gasteiger charge is 2.30. The Morgan fingerprint density at radius 3 is 2.06 bits per heavy atom. The van der Waals surface area contributed by atoms with Crippen LogP contribution in [-0.4, -0.2) is 35.1 Å². The van der Waals surface area contributed by atoms with E-state index in [0.29, 0.717) is 18.7 Å². The number of hydrogen-bond acceptors (Lipinski definition) is 3. The molecule has 3 aromatic carbocycles. The highest BCUT2D eigenvalue weighted by Crippen LogP contribution is 2.19. The molecule has 0 radical (unpaired) electrons. The fraction of sp³-hybridized carbons (Fsp3) is 0.286. The standard InChI is InChI=1S/C28H30F2N2O2S/c1-2-16-31-28(34)26(17-21-6-4-3-5-7-21)32(18-22-8-12-24(29)13-9-22)27(33)20-35-19-23-10-14-25(30)15-11-23/h3-15,26H,2,16-20H2,1H3,(H,31,34)/t26-/m0/s1. The lowest BCUT2D eigenvalue weighted by molar-refractivity contribution is -0.139. The Kier molecular flexibility index (Phi) is 10.3. The molecule has 0 saturated heterocycles. The van der Waals surface area contributed by atoms with Crippen molar-refractivity contribution in [2.24, 2.45) is 0 Å². The zero-order chi connectivity index (χ0) is 25.0. The van der Waals surface area contributed by atoms with E-state index < -0.39 is 6.04 Å². The van der Waals surface area contributed by atoms with Crippen molar-refractivity contribution in [1.82, 2.24) is 10.2 Å². The van der Waals surface area contributed by atoms with Crippen molar-refractivity contribution in [1.29, 1.82) is 0 Å². The number of benzene rings is 3. The van der Waals surface area contributed by atoms with Crippen molar-refractivity contribution in [2.45, 2.75) is 38.1 Å². The minimum Gasteiger partial charge on any atom is -0.354 e. The summed E-state index contributed by atoms with van der Waals surface area (Å²) in [6.45, 7) is 2.68. The molecular formula is C28H30F2N2O2S. The molecule has 0 heterocycles. The lowest BCUT2D eigenvalue weighted by Crippen LogP contribution is -2.51. The van der Waals surface area contributed by atoms with E-state index in [-0.39, 0.29) is 35.7 Å². The van der Waals surface area contributed by atoms with Gasteiger partial charge < -0.3 is 10.2 Å². The number of carbonyl (C=O) groups excluding carboxylic acids is 2. The lowest BCUT2D eigenvalue weighted by atomic mass is 10.0. The van der Waals surface area contributed by atoms with E-state index in [1.807, 2.05) is 37.3 Å². The Labute approximate surface area is 209 Å². The first-order valence-corrected chi connectivity index (χ1v) is 12.8. The largest absolute Gasteiger partial charge is 0.354 e. The van der Waals surface area contributed by atoms with Gasteiger partial charge in [-0.2, -0.15) is 0 Å². The molecule has 0 saturated carbocycles. The van der Waals surface area contributed by atoms with Crippen LogP contribution < -0.4 is 5.32 Å². The number of nitrogens with zero attached hydrogens (tertiary/aromatic N) is 1. The molecule has 0 spiro atoms. The molecule has 3 rings (SSSR count). The van der Waals surface area contributed by atoms with Crippen LogP contribution in [-0.2, 0) is 28.3 Å². The summed E-state index contributed by atoms with van der Waals surface area (Å²) in [7, 11) is 0. The Hall–Kier alpha value is -3.19. The molecule has 2 amide bonds. The van der Waals surface area contributed by atoms with Gasteiger partial charge in [0.1, 0.15) is 17.7 Å². The third kappa shape index (κ3) is 8.51. The highest BCUT2D eigenvalue weighted by molar-refractivity contribution is 7.99. The molecule has 0 fully saturated rings. The molecule has 1 atom stereocenters. The van der Waals surface area contributed by atoms with Crippen LogP contribution in [0.4, 0.5) is 8.78 Å². The van der Waals surface area contributed by atoms with Crippen LogP contribution in [0.2, 0.25) is 0 Å². The second kappa shape index (κ2) is 13.6. The molecule has 4 nitrogen and oxygen atoms in total. The smallest absolute Gasteiger partial charge is 0.243 e. The molecule has 0 bridgehead atoms. The molecule has 7 heteroatoms. The average Bonchev–Trinajstić information content (AvgIpc) is 2.87. The zero-order valence-electron chi connectivity index (χ0n) is 19.8. The first kappa shape index (κ1) is 26.4. The predicted octanol–water partition coefficient (Wildman–Crippen LogP) is 5.36. The van der Waals surface area contributed by atoms with Gasteiger partial charge in [-0.15, -0.1) is 11.8 Å². The third-order valence-corrected chi connectivity index (χ3v) is 6.48. The monoisotopic (exact) mass is 496 g/mol. The Bertz CT molecular complexity index is 1080. The van der Waals surface area contributed by atoms with Crippen molar-refractivity contribution in [3.63, 3.8) is 0 Å². The number of nitrogens with one attached hydrogen (secondary N) is 1. The van der Waals surface area contributed by atoms with E-state index in [1.54, 1.807) is 29.2 Å². The summed E-state index contributed by atoms with van der Waals surface area (Å²) in [5.41, 5.74) is 2.60. The Balaban J connectivity index is 1.81. The van der Waals surface area contributed by atoms with E-state index in [0.717, 1.165) is 23.1 Å². The van der Waals surface area contributed by atoms with Crippen LogP contribution >= 0.6 is 11.8 Å². The van der Waals surface area contributed by atoms with E-state index >= 15 is 0 Å². The van der Waals surface area contributed by atoms with E-state index in [1.165, 1.54) is 36.0 Å². The number of thioether (sulfide) groups is 1. The molecular weight excluding hydrogens is 466 g/mol. The summed E-state index contributed by atoms with van der Waals surface area (Å²) in [6, 6.07) is 21.0. The van der Waals surface area contributed by atoms with Crippen LogP contribution in [0.5, 0.6) is 0 Å². The van der Waals surface area contributed by atoms with E-state index in [4.69, 9.17) is 0 Å². The first-order chi connectivity index (χ1) is 17.0. The molecule has 184 valence electrons. The van der Waals surface area contributed by atoms with Crippen molar-refractivity contribution < 1.29 is 18.4 Å². The number of halogens is 2. The predicted molar refractivity (Wildman–Crippen MR) is 137 cm³/mol. The van der Waals surface area contributed by atoms with E-state index in [2.05, 4.69) is 5.32 Å². The SMILES string of the molecule is CCCNC(=O)[C@H](Cc1ccccc1)N(Cc1ccc(F)cc1)C(=O)CSCc1ccc(F)cc1. The minimum atomic E-state index is -0.715. The van der Waals surface area contributed by atoms with Crippen molar-refractivity contribution in [3.8, 4) is 0 Å². The maximum Gasteiger partial charge on any atom is 0.243 e. The number of carbonyl (C=O) groups is 2. The fourth-order valence-electron chi connectivity index (χ4n) is 3.63. The summed E-state index contributed by atoms with van der Waals surface area (Å²) < 4.78 is 26.7. The maximum atomic E-state index is 13.5. The molecule has 0 aromatic heterocycles. The highest BCUT2D eigenvalue weighted by atomic mass is 32.2. The third-order valence-electron chi connectivity index (χ3n) is 5.49. The van der Waals surface area contributed by atoms with Gasteiger partial charge in [-0.1, -0.05) is 61.5 Å². The van der Waals surface area contributed by atoms with Crippen LogP contribution in [0, 0.1) is 11.6 Å². The minimum absolute atomic E-state index is 0.158. The zero-order valence-corrected chi connectivity index (χ0v) is 20.6. The fourth-order valence-corrected chi connectivity index (χ4v) is 4.50. The van der Waals surface area contributed by atoms with Crippen molar-refractivity contribution in [3.05, 3.63) is 107 Å². The van der Waals surface area contributed by atoms with Gasteiger partial charge in [0, 0.05) is 25.3 Å². The van der Waals surface area contributed by atoms with Gasteiger partial charge in [0.2, 0.25) is 11.8 Å². The van der Waals surface area contributed by atoms with Gasteiger partial charge >= 0.3 is 0 Å². The summed E-state index contributed by atoms with van der Waals surface area (Å²) in [6.07, 6.45) is 1.15. The maximum absolute atomic E-state index is 13.5. The molecule has 0 aliphatic carbocycles. The summed E-state index contributed by atoms with van der Waals surface area (Å²) >= 11 is 1.41. The first-order valence-electron chi connectivity index (χ1n) is 11.6. The molecule has 0 aliphatic heterocycles. The van der Waals surface area contributed by atoms with Crippen molar-refractivity contribution >= 4 is 23.6 Å². The number of rotatable bonds is 12. The second-order valence-electron chi connectivity index (χ2n) is 8.26. The molecule has 3 aromatic rings. The average molecular weight is 497 g/mol. The second-order valence-corrected chi connectivity index (χ2v) is 9.25. The summed E-state index contributed by atoms with van der Waals surface area (Å²) in [4.78, 5) is 28.3. The van der Waals surface area contributed by atoms with Gasteiger partial charge in [-0.3, -0.25) is 9.59 Å². The van der Waals surface area contributed by atoms with Gasteiger partial charge in [-0.05, 0) is 47.4 Å². The molecule has 35 heavy (non-hydrogen) atoms. The quantitative estimate of drug-likeness (QED) is 0.367. The van der Waals surface area contributed by atoms with Gasteiger partial charge in [0.05, 0.1) is 5.75 Å². The number of amides is 2. The van der Waals surface area contributed by atoms with Crippen LogP contribution in [0.15, 0.2) is 78.9 Å². The van der Waals surface area contributed by atoms with Gasteiger partial charge in [0.15, 0.2) is 0 Å². The normalized spacial score (nSPS) is 11.6. The lowest BCUT2D eigenvalue weighted by Gasteiger charge is -2.31. The topological polar surface area (TPSA) is 49.4 Å². The van der Waals surface area contributed by atoms with E-state index in [9.17, 15) is 18.4 Å². The van der Waals surface area contributed by atoms with Crippen LogP contribution in [0.25, 0.3) is 0 Å². The van der Waals surface area contributed by atoms with Crippen LogP contribution in [0.1, 0.15) is 30.0 Å². The number of hydrogen-bond donors (Lipinski definition) is 1. The van der Waals surface area contributed by atoms with Crippen LogP contribution in [0.3, 0.4) is 0 Å². The summed E-state index contributed by atoms with van der Waals surface area (Å²) in [5.74, 6) is -0.360. The van der Waals surface area contributed by atoms with Crippen molar-refractivity contribution in [2.75, 3.05) is 12.3 Å².